The molecule has 1 saturated heterocycles. The van der Waals surface area contributed by atoms with Gasteiger partial charge in [-0.25, -0.2) is 9.97 Å². The number of nitrogens with zero attached hydrogens (tertiary/aromatic N) is 3. The summed E-state index contributed by atoms with van der Waals surface area (Å²) in [6.45, 7) is 2.03. The number of fused-ring (bicyclic) bond motifs is 1. The highest BCUT2D eigenvalue weighted by molar-refractivity contribution is 5.71. The number of nitrogens with one attached hydrogen (secondary N) is 1. The van der Waals surface area contributed by atoms with E-state index in [1.54, 1.807) is 12.4 Å². The molecule has 3 heterocycles. The van der Waals surface area contributed by atoms with Crippen molar-refractivity contribution in [2.45, 2.75) is 18.4 Å². The highest BCUT2D eigenvalue weighted by atomic mass is 16.5. The molecule has 3 rings (SSSR count). The summed E-state index contributed by atoms with van der Waals surface area (Å²) in [7, 11) is 0. The fourth-order valence-corrected chi connectivity index (χ4v) is 2.34. The van der Waals surface area contributed by atoms with Crippen LogP contribution in [0.25, 0.3) is 11.2 Å². The molecule has 0 radical (unpaired) electrons. The maximum absolute atomic E-state index is 5.92. The summed E-state index contributed by atoms with van der Waals surface area (Å²) in [5, 5.41) is 3.45. The Bertz CT molecular complexity index is 568. The molecule has 2 aromatic heterocycles. The van der Waals surface area contributed by atoms with Gasteiger partial charge in [0.2, 0.25) is 0 Å². The van der Waals surface area contributed by atoms with Crippen LogP contribution in [0.15, 0.2) is 24.5 Å². The molecule has 0 amide bonds. The molecule has 1 fully saturated rings. The van der Waals surface area contributed by atoms with Gasteiger partial charge in [-0.2, -0.15) is 0 Å². The number of nitrogens with two attached hydrogens (primary N) is 1. The molecule has 0 aliphatic carbocycles. The van der Waals surface area contributed by atoms with E-state index >= 15 is 0 Å². The second-order valence-electron chi connectivity index (χ2n) is 4.82. The van der Waals surface area contributed by atoms with Crippen molar-refractivity contribution in [1.82, 2.24) is 15.0 Å². The minimum atomic E-state index is -0.124. The molecule has 0 aromatic carbocycles. The Morgan fingerprint density at radius 2 is 2.00 bits per heavy atom. The Balaban J connectivity index is 1.87. The molecular weight excluding hydrogens is 242 g/mol. The van der Waals surface area contributed by atoms with Crippen molar-refractivity contribution in [2.75, 3.05) is 25.1 Å². The average molecular weight is 259 g/mol. The van der Waals surface area contributed by atoms with Crippen LogP contribution in [0.3, 0.4) is 0 Å². The molecule has 0 saturated carbocycles. The second kappa shape index (κ2) is 5.07. The number of pyridine rings is 1. The lowest BCUT2D eigenvalue weighted by Gasteiger charge is -2.37. The Labute approximate surface area is 111 Å². The first-order valence-electron chi connectivity index (χ1n) is 6.45. The molecule has 0 atom stereocenters. The van der Waals surface area contributed by atoms with Crippen LogP contribution in [0.5, 0.6) is 0 Å². The largest absolute Gasteiger partial charge is 0.381 e. The molecule has 6 heteroatoms. The molecule has 6 nitrogen and oxygen atoms in total. The van der Waals surface area contributed by atoms with Crippen LogP contribution >= 0.6 is 0 Å². The first kappa shape index (κ1) is 12.3. The summed E-state index contributed by atoms with van der Waals surface area (Å²) in [4.78, 5) is 12.9. The maximum Gasteiger partial charge on any atom is 0.180 e. The summed E-state index contributed by atoms with van der Waals surface area (Å²) in [5.74, 6) is 0.792. The Morgan fingerprint density at radius 1 is 1.21 bits per heavy atom. The molecular formula is C13H17N5O. The Morgan fingerprint density at radius 3 is 2.79 bits per heavy atom. The van der Waals surface area contributed by atoms with Crippen LogP contribution in [-0.2, 0) is 4.74 Å². The highest BCUT2D eigenvalue weighted by Gasteiger charge is 2.31. The molecule has 0 unspecified atom stereocenters. The number of anilines is 1. The molecule has 19 heavy (non-hydrogen) atoms. The third-order valence-corrected chi connectivity index (χ3v) is 3.57. The number of ether oxygens (including phenoxy) is 1. The SMILES string of the molecule is NCC1(Nc2ccc3nccnc3n2)CCOCC1. The number of hydrogen-bond donors (Lipinski definition) is 2. The Kier molecular flexibility index (Phi) is 3.27. The molecule has 1 aliphatic rings. The van der Waals surface area contributed by atoms with Crippen molar-refractivity contribution >= 4 is 17.0 Å². The zero-order valence-corrected chi connectivity index (χ0v) is 10.7. The first-order valence-corrected chi connectivity index (χ1v) is 6.45. The predicted molar refractivity (Wildman–Crippen MR) is 72.8 cm³/mol. The van der Waals surface area contributed by atoms with Crippen molar-refractivity contribution in [3.8, 4) is 0 Å². The van der Waals surface area contributed by atoms with Crippen LogP contribution in [-0.4, -0.2) is 40.2 Å². The molecule has 3 N–H and O–H groups in total. The van der Waals surface area contributed by atoms with Crippen molar-refractivity contribution in [1.29, 1.82) is 0 Å². The van der Waals surface area contributed by atoms with E-state index in [1.165, 1.54) is 0 Å². The van der Waals surface area contributed by atoms with Gasteiger partial charge in [-0.05, 0) is 25.0 Å². The van der Waals surface area contributed by atoms with Gasteiger partial charge in [0.15, 0.2) is 5.65 Å². The summed E-state index contributed by atoms with van der Waals surface area (Å²) < 4.78 is 5.40. The molecule has 1 aliphatic heterocycles. The standard InChI is InChI=1S/C13H17N5O/c14-9-13(3-7-19-8-4-13)18-11-2-1-10-12(17-11)16-6-5-15-10/h1-2,5-6H,3-4,7-9,14H2,(H,16,17,18). The van der Waals surface area contributed by atoms with Gasteiger partial charge in [-0.15, -0.1) is 0 Å². The lowest BCUT2D eigenvalue weighted by Crippen LogP contribution is -2.49. The van der Waals surface area contributed by atoms with Crippen LogP contribution < -0.4 is 11.1 Å². The maximum atomic E-state index is 5.92. The van der Waals surface area contributed by atoms with Gasteiger partial charge in [0, 0.05) is 32.2 Å². The fraction of sp³-hybridized carbons (Fsp3) is 0.462. The fourth-order valence-electron chi connectivity index (χ4n) is 2.34. The van der Waals surface area contributed by atoms with Gasteiger partial charge in [0.05, 0.1) is 5.54 Å². The quantitative estimate of drug-likeness (QED) is 0.853. The Hall–Kier alpha value is -1.79. The van der Waals surface area contributed by atoms with E-state index in [0.717, 1.165) is 37.4 Å². The molecule has 0 bridgehead atoms. The van der Waals surface area contributed by atoms with E-state index in [-0.39, 0.29) is 5.54 Å². The monoisotopic (exact) mass is 259 g/mol. The second-order valence-corrected chi connectivity index (χ2v) is 4.82. The van der Waals surface area contributed by atoms with Crippen molar-refractivity contribution in [3.05, 3.63) is 24.5 Å². The summed E-state index contributed by atoms with van der Waals surface area (Å²) in [6.07, 6.45) is 5.09. The first-order chi connectivity index (χ1) is 9.31. The van der Waals surface area contributed by atoms with E-state index < -0.39 is 0 Å². The third kappa shape index (κ3) is 2.50. The average Bonchev–Trinajstić information content (AvgIpc) is 2.48. The normalized spacial score (nSPS) is 18.4. The van der Waals surface area contributed by atoms with E-state index in [2.05, 4.69) is 20.3 Å². The smallest absolute Gasteiger partial charge is 0.180 e. The van der Waals surface area contributed by atoms with Crippen molar-refractivity contribution in [3.63, 3.8) is 0 Å². The molecule has 0 spiro atoms. The summed E-state index contributed by atoms with van der Waals surface area (Å²) in [6, 6.07) is 3.84. The summed E-state index contributed by atoms with van der Waals surface area (Å²) in [5.41, 5.74) is 7.24. The van der Waals surface area contributed by atoms with Crippen LogP contribution in [0.1, 0.15) is 12.8 Å². The van der Waals surface area contributed by atoms with E-state index in [1.807, 2.05) is 12.1 Å². The molecule has 2 aromatic rings. The van der Waals surface area contributed by atoms with Gasteiger partial charge in [0.25, 0.3) is 0 Å². The van der Waals surface area contributed by atoms with E-state index in [0.29, 0.717) is 12.2 Å². The van der Waals surface area contributed by atoms with Crippen molar-refractivity contribution < 1.29 is 4.74 Å². The van der Waals surface area contributed by atoms with Gasteiger partial charge >= 0.3 is 0 Å². The van der Waals surface area contributed by atoms with Gasteiger partial charge < -0.3 is 15.8 Å². The minimum Gasteiger partial charge on any atom is -0.381 e. The van der Waals surface area contributed by atoms with Gasteiger partial charge in [0.1, 0.15) is 11.3 Å². The number of hydrogen-bond acceptors (Lipinski definition) is 6. The number of rotatable bonds is 3. The minimum absolute atomic E-state index is 0.124. The zero-order chi connectivity index (χ0) is 13.1. The van der Waals surface area contributed by atoms with Crippen LogP contribution in [0.4, 0.5) is 5.82 Å². The lowest BCUT2D eigenvalue weighted by molar-refractivity contribution is 0.0627. The topological polar surface area (TPSA) is 86.0 Å². The summed E-state index contributed by atoms with van der Waals surface area (Å²) >= 11 is 0. The van der Waals surface area contributed by atoms with Gasteiger partial charge in [-0.3, -0.25) is 4.98 Å². The number of aromatic nitrogens is 3. The predicted octanol–water partition coefficient (Wildman–Crippen LogP) is 0.945. The lowest BCUT2D eigenvalue weighted by atomic mass is 9.90. The van der Waals surface area contributed by atoms with Crippen LogP contribution in [0, 0.1) is 0 Å². The van der Waals surface area contributed by atoms with Crippen LogP contribution in [0.2, 0.25) is 0 Å². The molecule has 100 valence electrons. The van der Waals surface area contributed by atoms with E-state index in [4.69, 9.17) is 10.5 Å². The van der Waals surface area contributed by atoms with Gasteiger partial charge in [-0.1, -0.05) is 0 Å². The zero-order valence-electron chi connectivity index (χ0n) is 10.7. The van der Waals surface area contributed by atoms with E-state index in [9.17, 15) is 0 Å². The van der Waals surface area contributed by atoms with Crippen molar-refractivity contribution in [2.24, 2.45) is 5.73 Å². The highest BCUT2D eigenvalue weighted by Crippen LogP contribution is 2.24. The third-order valence-electron chi connectivity index (χ3n) is 3.57.